The van der Waals surface area contributed by atoms with Gasteiger partial charge in [0.1, 0.15) is 5.84 Å². The summed E-state index contributed by atoms with van der Waals surface area (Å²) in [5, 5.41) is 0. The first-order chi connectivity index (χ1) is 7.33. The predicted octanol–water partition coefficient (Wildman–Crippen LogP) is 2.77. The number of amidine groups is 1. The highest BCUT2D eigenvalue weighted by Crippen LogP contribution is 2.17. The average Bonchev–Trinajstić information content (AvgIpc) is 2.13. The minimum absolute atomic E-state index is 0.152. The van der Waals surface area contributed by atoms with Crippen molar-refractivity contribution >= 4 is 21.8 Å². The maximum atomic E-state index is 5.53. The largest absolute Gasteiger partial charge is 0.308 e. The lowest BCUT2D eigenvalue weighted by Gasteiger charge is -2.17. The number of aliphatic imine (C=N–C) groups is 1. The molecule has 0 bridgehead atoms. The molecular weight excluding hydrogens is 266 g/mol. The molecule has 0 aliphatic carbocycles. The van der Waals surface area contributed by atoms with E-state index in [1.165, 1.54) is 0 Å². The van der Waals surface area contributed by atoms with E-state index in [2.05, 4.69) is 26.3 Å². The van der Waals surface area contributed by atoms with E-state index in [0.717, 1.165) is 21.4 Å². The summed E-state index contributed by atoms with van der Waals surface area (Å²) >= 11 is 3.44. The van der Waals surface area contributed by atoms with Crippen molar-refractivity contribution in [3.63, 3.8) is 0 Å². The third kappa shape index (κ3) is 3.61. The minimum Gasteiger partial charge on any atom is -0.308 e. The van der Waals surface area contributed by atoms with Crippen molar-refractivity contribution in [3.05, 3.63) is 33.8 Å². The number of rotatable bonds is 1. The number of benzene rings is 1. The molecule has 4 heteroatoms. The van der Waals surface area contributed by atoms with Gasteiger partial charge in [-0.25, -0.2) is 5.84 Å². The zero-order valence-electron chi connectivity index (χ0n) is 10.1. The number of aryl methyl sites for hydroxylation is 1. The van der Waals surface area contributed by atoms with Gasteiger partial charge in [-0.3, -0.25) is 4.99 Å². The van der Waals surface area contributed by atoms with Crippen molar-refractivity contribution in [2.75, 3.05) is 0 Å². The number of halogens is 1. The second kappa shape index (κ2) is 4.97. The molecule has 0 aromatic heterocycles. The first-order valence-corrected chi connectivity index (χ1v) is 5.96. The van der Waals surface area contributed by atoms with Gasteiger partial charge in [0.15, 0.2) is 0 Å². The van der Waals surface area contributed by atoms with Crippen LogP contribution >= 0.6 is 15.9 Å². The molecule has 3 nitrogen and oxygen atoms in total. The molecule has 1 aromatic carbocycles. The monoisotopic (exact) mass is 283 g/mol. The fourth-order valence-corrected chi connectivity index (χ4v) is 1.87. The van der Waals surface area contributed by atoms with Crippen LogP contribution in [0.2, 0.25) is 0 Å². The van der Waals surface area contributed by atoms with Crippen LogP contribution in [-0.4, -0.2) is 11.4 Å². The SMILES string of the molecule is Cc1cc(Br)ccc1C(=NC(C)(C)C)NN. The Kier molecular flexibility index (Phi) is 4.10. The van der Waals surface area contributed by atoms with E-state index in [-0.39, 0.29) is 5.54 Å². The summed E-state index contributed by atoms with van der Waals surface area (Å²) in [6, 6.07) is 6.03. The van der Waals surface area contributed by atoms with Crippen LogP contribution in [0.25, 0.3) is 0 Å². The smallest absolute Gasteiger partial charge is 0.143 e. The van der Waals surface area contributed by atoms with Gasteiger partial charge in [0.05, 0.1) is 5.54 Å². The van der Waals surface area contributed by atoms with Crippen LogP contribution in [0.4, 0.5) is 0 Å². The summed E-state index contributed by atoms with van der Waals surface area (Å²) < 4.78 is 1.06. The number of nitrogens with two attached hydrogens (primary N) is 1. The highest BCUT2D eigenvalue weighted by molar-refractivity contribution is 9.10. The fraction of sp³-hybridized carbons (Fsp3) is 0.417. The molecule has 0 radical (unpaired) electrons. The molecule has 0 saturated heterocycles. The molecule has 3 N–H and O–H groups in total. The van der Waals surface area contributed by atoms with Gasteiger partial charge in [0.2, 0.25) is 0 Å². The van der Waals surface area contributed by atoms with Gasteiger partial charge in [-0.1, -0.05) is 15.9 Å². The molecule has 0 fully saturated rings. The standard InChI is InChI=1S/C12H18BrN3/c1-8-7-9(13)5-6-10(8)11(16-14)15-12(2,3)4/h5-7H,14H2,1-4H3,(H,15,16). The molecule has 16 heavy (non-hydrogen) atoms. The summed E-state index contributed by atoms with van der Waals surface area (Å²) in [5.41, 5.74) is 4.68. The Morgan fingerprint density at radius 1 is 1.38 bits per heavy atom. The summed E-state index contributed by atoms with van der Waals surface area (Å²) in [6.07, 6.45) is 0. The van der Waals surface area contributed by atoms with E-state index < -0.39 is 0 Å². The number of hydrazine groups is 1. The van der Waals surface area contributed by atoms with Crippen LogP contribution in [0.3, 0.4) is 0 Å². The van der Waals surface area contributed by atoms with Gasteiger partial charge < -0.3 is 5.43 Å². The van der Waals surface area contributed by atoms with Crippen LogP contribution in [0, 0.1) is 6.92 Å². The molecule has 1 aromatic rings. The Hall–Kier alpha value is -0.870. The van der Waals surface area contributed by atoms with E-state index in [1.807, 2.05) is 45.9 Å². The average molecular weight is 284 g/mol. The number of hydrogen-bond donors (Lipinski definition) is 2. The molecule has 0 unspecified atom stereocenters. The zero-order chi connectivity index (χ0) is 12.3. The van der Waals surface area contributed by atoms with Crippen molar-refractivity contribution in [2.45, 2.75) is 33.2 Å². The third-order valence-electron chi connectivity index (χ3n) is 2.03. The number of nitrogens with one attached hydrogen (secondary N) is 1. The van der Waals surface area contributed by atoms with Crippen molar-refractivity contribution in [1.29, 1.82) is 0 Å². The van der Waals surface area contributed by atoms with Crippen molar-refractivity contribution < 1.29 is 0 Å². The van der Waals surface area contributed by atoms with Gasteiger partial charge in [-0.15, -0.1) is 0 Å². The Labute approximate surface area is 105 Å². The van der Waals surface area contributed by atoms with Crippen molar-refractivity contribution in [3.8, 4) is 0 Å². The summed E-state index contributed by atoms with van der Waals surface area (Å²) in [4.78, 5) is 4.55. The normalized spacial score (nSPS) is 12.8. The van der Waals surface area contributed by atoms with Gasteiger partial charge in [-0.05, 0) is 51.5 Å². The van der Waals surface area contributed by atoms with Gasteiger partial charge >= 0.3 is 0 Å². The van der Waals surface area contributed by atoms with E-state index in [1.54, 1.807) is 0 Å². The Bertz CT molecular complexity index is 405. The lowest BCUT2D eigenvalue weighted by molar-refractivity contribution is 0.580. The lowest BCUT2D eigenvalue weighted by atomic mass is 10.1. The van der Waals surface area contributed by atoms with E-state index in [4.69, 9.17) is 5.84 Å². The summed E-state index contributed by atoms with van der Waals surface area (Å²) in [6.45, 7) is 8.16. The molecule has 0 heterocycles. The molecule has 0 amide bonds. The molecule has 0 atom stereocenters. The van der Waals surface area contributed by atoms with E-state index in [0.29, 0.717) is 0 Å². The van der Waals surface area contributed by atoms with Gasteiger partial charge in [-0.2, -0.15) is 0 Å². The van der Waals surface area contributed by atoms with Gasteiger partial charge in [0.25, 0.3) is 0 Å². The second-order valence-corrected chi connectivity index (χ2v) is 5.65. The molecule has 0 aliphatic heterocycles. The van der Waals surface area contributed by atoms with E-state index in [9.17, 15) is 0 Å². The van der Waals surface area contributed by atoms with Gasteiger partial charge in [0, 0.05) is 10.0 Å². The minimum atomic E-state index is -0.152. The summed E-state index contributed by atoms with van der Waals surface area (Å²) in [5.74, 6) is 6.25. The van der Waals surface area contributed by atoms with Crippen LogP contribution in [0.5, 0.6) is 0 Å². The number of nitrogens with zero attached hydrogens (tertiary/aromatic N) is 1. The second-order valence-electron chi connectivity index (χ2n) is 4.73. The Morgan fingerprint density at radius 3 is 2.44 bits per heavy atom. The lowest BCUT2D eigenvalue weighted by Crippen LogP contribution is -2.34. The highest BCUT2D eigenvalue weighted by atomic mass is 79.9. The number of hydrogen-bond acceptors (Lipinski definition) is 2. The predicted molar refractivity (Wildman–Crippen MR) is 72.5 cm³/mol. The highest BCUT2D eigenvalue weighted by Gasteiger charge is 2.12. The van der Waals surface area contributed by atoms with E-state index >= 15 is 0 Å². The maximum Gasteiger partial charge on any atom is 0.143 e. The molecule has 1 rings (SSSR count). The molecular formula is C12H18BrN3. The van der Waals surface area contributed by atoms with Crippen LogP contribution in [-0.2, 0) is 0 Å². The Morgan fingerprint density at radius 2 is 2.00 bits per heavy atom. The topological polar surface area (TPSA) is 50.4 Å². The fourth-order valence-electron chi connectivity index (χ4n) is 1.40. The molecule has 0 saturated carbocycles. The van der Waals surface area contributed by atoms with Crippen molar-refractivity contribution in [2.24, 2.45) is 10.8 Å². The zero-order valence-corrected chi connectivity index (χ0v) is 11.7. The van der Waals surface area contributed by atoms with Crippen LogP contribution < -0.4 is 11.3 Å². The summed E-state index contributed by atoms with van der Waals surface area (Å²) in [7, 11) is 0. The quantitative estimate of drug-likeness (QED) is 0.360. The molecule has 0 spiro atoms. The molecule has 88 valence electrons. The maximum absolute atomic E-state index is 5.53. The van der Waals surface area contributed by atoms with Crippen LogP contribution in [0.15, 0.2) is 27.7 Å². The third-order valence-corrected chi connectivity index (χ3v) is 2.52. The first-order valence-electron chi connectivity index (χ1n) is 5.16. The first kappa shape index (κ1) is 13.2. The van der Waals surface area contributed by atoms with Crippen LogP contribution in [0.1, 0.15) is 31.9 Å². The molecule has 0 aliphatic rings. The Balaban J connectivity index is 3.19. The van der Waals surface area contributed by atoms with Crippen molar-refractivity contribution in [1.82, 2.24) is 5.43 Å².